The highest BCUT2D eigenvalue weighted by atomic mass is 16.5. The van der Waals surface area contributed by atoms with Crippen LogP contribution in [-0.2, 0) is 0 Å². The molecule has 2 nitrogen and oxygen atoms in total. The molecule has 3 aliphatic carbocycles. The molecule has 0 bridgehead atoms. The molecule has 3 rings (SSSR count). The molecule has 1 unspecified atom stereocenters. The van der Waals surface area contributed by atoms with Crippen LogP contribution < -0.4 is 0 Å². The average molecular weight is 413 g/mol. The van der Waals surface area contributed by atoms with Gasteiger partial charge in [-0.25, -0.2) is 0 Å². The van der Waals surface area contributed by atoms with E-state index < -0.39 is 5.79 Å². The van der Waals surface area contributed by atoms with Crippen molar-refractivity contribution < 1.29 is 10.2 Å². The highest BCUT2D eigenvalue weighted by Crippen LogP contribution is 2.59. The van der Waals surface area contributed by atoms with Gasteiger partial charge in [-0.15, -0.1) is 0 Å². The van der Waals surface area contributed by atoms with Gasteiger partial charge in [0.2, 0.25) is 0 Å². The van der Waals surface area contributed by atoms with Crippen molar-refractivity contribution in [3.8, 4) is 0 Å². The molecular weight excluding hydrogens is 368 g/mol. The van der Waals surface area contributed by atoms with Gasteiger partial charge in [-0.1, -0.05) is 76.6 Å². The maximum atomic E-state index is 10.1. The first kappa shape index (κ1) is 23.5. The summed E-state index contributed by atoms with van der Waals surface area (Å²) in [7, 11) is 0. The Hall–Kier alpha value is -1.12. The van der Waals surface area contributed by atoms with Crippen LogP contribution in [0.15, 0.2) is 47.6 Å². The van der Waals surface area contributed by atoms with Crippen LogP contribution in [0.25, 0.3) is 0 Å². The lowest BCUT2D eigenvalue weighted by atomic mass is 9.61. The van der Waals surface area contributed by atoms with Crippen molar-refractivity contribution in [3.05, 3.63) is 47.6 Å². The van der Waals surface area contributed by atoms with Gasteiger partial charge < -0.3 is 10.2 Å². The van der Waals surface area contributed by atoms with Crippen molar-refractivity contribution in [2.75, 3.05) is 0 Å². The molecule has 0 saturated heterocycles. The Bertz CT molecular complexity index is 723. The van der Waals surface area contributed by atoms with Crippen LogP contribution in [0.4, 0.5) is 0 Å². The first-order chi connectivity index (χ1) is 14.0. The molecule has 0 radical (unpaired) electrons. The van der Waals surface area contributed by atoms with Gasteiger partial charge in [0.15, 0.2) is 5.79 Å². The summed E-state index contributed by atoms with van der Waals surface area (Å²) in [5.74, 6) is 1.81. The second-order valence-electron chi connectivity index (χ2n) is 11.1. The first-order valence-corrected chi connectivity index (χ1v) is 12.2. The Morgan fingerprint density at radius 1 is 1.00 bits per heavy atom. The highest BCUT2D eigenvalue weighted by Gasteiger charge is 2.50. The minimum atomic E-state index is -1.57. The maximum absolute atomic E-state index is 10.1. The summed E-state index contributed by atoms with van der Waals surface area (Å²) >= 11 is 0. The summed E-state index contributed by atoms with van der Waals surface area (Å²) in [4.78, 5) is 0. The van der Waals surface area contributed by atoms with Gasteiger partial charge in [0.05, 0.1) is 0 Å². The zero-order valence-corrected chi connectivity index (χ0v) is 20.0. The highest BCUT2D eigenvalue weighted by molar-refractivity contribution is 5.37. The van der Waals surface area contributed by atoms with Crippen LogP contribution >= 0.6 is 0 Å². The predicted molar refractivity (Wildman–Crippen MR) is 127 cm³/mol. The fraction of sp³-hybridized carbons (Fsp3) is 0.714. The van der Waals surface area contributed by atoms with Crippen molar-refractivity contribution >= 4 is 0 Å². The summed E-state index contributed by atoms with van der Waals surface area (Å²) in [6.45, 7) is 16.1. The summed E-state index contributed by atoms with van der Waals surface area (Å²) in [6, 6.07) is 0. The van der Waals surface area contributed by atoms with Gasteiger partial charge >= 0.3 is 0 Å². The second kappa shape index (κ2) is 9.17. The van der Waals surface area contributed by atoms with Gasteiger partial charge in [0.25, 0.3) is 0 Å². The average Bonchev–Trinajstić information content (AvgIpc) is 3.04. The predicted octanol–water partition coefficient (Wildman–Crippen LogP) is 6.96. The van der Waals surface area contributed by atoms with E-state index in [2.05, 4.69) is 65.5 Å². The van der Waals surface area contributed by atoms with E-state index in [0.717, 1.165) is 17.1 Å². The van der Waals surface area contributed by atoms with Crippen LogP contribution in [0, 0.1) is 35.0 Å². The molecule has 0 aliphatic heterocycles. The van der Waals surface area contributed by atoms with E-state index in [9.17, 15) is 10.2 Å². The van der Waals surface area contributed by atoms with Crippen molar-refractivity contribution in [1.82, 2.24) is 0 Å². The summed E-state index contributed by atoms with van der Waals surface area (Å²) in [5.41, 5.74) is 4.03. The van der Waals surface area contributed by atoms with Gasteiger partial charge in [-0.3, -0.25) is 0 Å². The minimum Gasteiger partial charge on any atom is -0.365 e. The van der Waals surface area contributed by atoms with Crippen molar-refractivity contribution in [2.45, 2.75) is 91.8 Å². The molecule has 0 heterocycles. The van der Waals surface area contributed by atoms with Gasteiger partial charge in [-0.2, -0.15) is 0 Å². The number of rotatable bonds is 5. The minimum absolute atomic E-state index is 0.302. The van der Waals surface area contributed by atoms with Crippen LogP contribution in [0.5, 0.6) is 0 Å². The molecule has 2 heteroatoms. The Kier molecular flexibility index (Phi) is 7.19. The Morgan fingerprint density at radius 2 is 1.73 bits per heavy atom. The molecule has 0 spiro atoms. The molecular formula is C28H44O2. The first-order valence-electron chi connectivity index (χ1n) is 12.2. The Balaban J connectivity index is 1.76. The number of hydrogen-bond donors (Lipinski definition) is 2. The van der Waals surface area contributed by atoms with Crippen molar-refractivity contribution in [1.29, 1.82) is 0 Å². The molecule has 3 fully saturated rings. The fourth-order valence-electron chi connectivity index (χ4n) is 6.26. The SMILES string of the molecule is C=C1CCC(O)(O)CC1=CC=C1CCC[C@@]2(C)C1CC[C@@H]2[C@H](C)/C=C/[C@H](C)C(C)C. The normalized spacial score (nSPS) is 36.6. The van der Waals surface area contributed by atoms with Gasteiger partial charge in [0.1, 0.15) is 0 Å². The number of allylic oxidation sites excluding steroid dienone is 6. The lowest BCUT2D eigenvalue weighted by Crippen LogP contribution is -2.35. The lowest BCUT2D eigenvalue weighted by Gasteiger charge is -2.44. The monoisotopic (exact) mass is 412 g/mol. The van der Waals surface area contributed by atoms with Crippen LogP contribution in [0.1, 0.15) is 86.0 Å². The summed E-state index contributed by atoms with van der Waals surface area (Å²) in [6.07, 6.45) is 17.2. The lowest BCUT2D eigenvalue weighted by molar-refractivity contribution is -0.166. The summed E-state index contributed by atoms with van der Waals surface area (Å²) in [5, 5.41) is 20.1. The number of hydrogen-bond acceptors (Lipinski definition) is 2. The van der Waals surface area contributed by atoms with E-state index >= 15 is 0 Å². The largest absolute Gasteiger partial charge is 0.365 e. The third-order valence-corrected chi connectivity index (χ3v) is 8.70. The quantitative estimate of drug-likeness (QED) is 0.378. The standard InChI is InChI=1S/C28H44O2/c1-19(2)20(3)9-10-22(5)25-13-14-26-23(8-7-16-27(25,26)6)11-12-24-18-28(29,30)17-15-21(24)4/h9-12,19-20,22,25-26,29-30H,4,7-8,13-18H2,1-3,5-6H3/b10-9+,23-11?,24-12?/t20-,22+,25+,26?,27+/m0/s1. The third kappa shape index (κ3) is 5.02. The topological polar surface area (TPSA) is 40.5 Å². The van der Waals surface area contributed by atoms with Crippen LogP contribution in [0.3, 0.4) is 0 Å². The van der Waals surface area contributed by atoms with E-state index in [1.54, 1.807) is 5.57 Å². The van der Waals surface area contributed by atoms with Gasteiger partial charge in [0, 0.05) is 12.8 Å². The Morgan fingerprint density at radius 3 is 2.43 bits per heavy atom. The molecule has 168 valence electrons. The molecule has 0 aromatic rings. The van der Waals surface area contributed by atoms with Crippen LogP contribution in [0.2, 0.25) is 0 Å². The van der Waals surface area contributed by atoms with E-state index in [0.29, 0.717) is 48.3 Å². The zero-order chi connectivity index (χ0) is 22.1. The fourth-order valence-corrected chi connectivity index (χ4v) is 6.26. The van der Waals surface area contributed by atoms with Crippen molar-refractivity contribution in [3.63, 3.8) is 0 Å². The molecule has 30 heavy (non-hydrogen) atoms. The molecule has 0 amide bonds. The molecule has 3 saturated carbocycles. The molecule has 3 aliphatic rings. The zero-order valence-electron chi connectivity index (χ0n) is 20.0. The number of aliphatic hydroxyl groups is 2. The Labute approximate surface area is 184 Å². The molecule has 0 aromatic carbocycles. The summed E-state index contributed by atoms with van der Waals surface area (Å²) < 4.78 is 0. The molecule has 0 aromatic heterocycles. The van der Waals surface area contributed by atoms with E-state index in [1.807, 2.05) is 0 Å². The van der Waals surface area contributed by atoms with E-state index in [-0.39, 0.29) is 0 Å². The third-order valence-electron chi connectivity index (χ3n) is 8.70. The molecule has 5 atom stereocenters. The second-order valence-corrected chi connectivity index (χ2v) is 11.1. The van der Waals surface area contributed by atoms with E-state index in [1.165, 1.54) is 32.1 Å². The van der Waals surface area contributed by atoms with Crippen molar-refractivity contribution in [2.24, 2.45) is 35.0 Å². The van der Waals surface area contributed by atoms with Gasteiger partial charge in [-0.05, 0) is 79.1 Å². The smallest absolute Gasteiger partial charge is 0.166 e. The maximum Gasteiger partial charge on any atom is 0.166 e. The molecule has 2 N–H and O–H groups in total. The van der Waals surface area contributed by atoms with E-state index in [4.69, 9.17) is 0 Å². The number of fused-ring (bicyclic) bond motifs is 1. The van der Waals surface area contributed by atoms with Crippen LogP contribution in [-0.4, -0.2) is 16.0 Å².